The highest BCUT2D eigenvalue weighted by Crippen LogP contribution is 2.62. The van der Waals surface area contributed by atoms with E-state index in [0.29, 0.717) is 42.4 Å². The van der Waals surface area contributed by atoms with Crippen molar-refractivity contribution in [3.63, 3.8) is 0 Å². The molecule has 0 aromatic carbocycles. The smallest absolute Gasteiger partial charge is 0.252 e. The number of sulfonamides is 1. The molecule has 1 aromatic heterocycles. The summed E-state index contributed by atoms with van der Waals surface area (Å²) in [6.45, 7) is 2.96. The molecule has 5 fully saturated rings. The maximum absolute atomic E-state index is 13.7. The number of halogens is 1. The summed E-state index contributed by atoms with van der Waals surface area (Å²) in [4.78, 5) is 27.5. The van der Waals surface area contributed by atoms with E-state index in [2.05, 4.69) is 5.32 Å². The minimum absolute atomic E-state index is 0.0166. The molecule has 4 saturated carbocycles. The molecule has 1 aromatic rings. The van der Waals surface area contributed by atoms with E-state index in [9.17, 15) is 18.0 Å². The topological polar surface area (TPSA) is 86.8 Å². The predicted molar refractivity (Wildman–Crippen MR) is 118 cm³/mol. The van der Waals surface area contributed by atoms with Crippen molar-refractivity contribution >= 4 is 44.8 Å². The number of piperazine rings is 1. The largest absolute Gasteiger partial charge is 0.351 e. The van der Waals surface area contributed by atoms with Crippen molar-refractivity contribution < 1.29 is 18.0 Å². The minimum atomic E-state index is -3.58. The van der Waals surface area contributed by atoms with Gasteiger partial charge in [0.25, 0.3) is 10.0 Å². The summed E-state index contributed by atoms with van der Waals surface area (Å²) in [6, 6.07) is 3.13. The van der Waals surface area contributed by atoms with E-state index in [0.717, 1.165) is 49.9 Å². The van der Waals surface area contributed by atoms with Gasteiger partial charge in [-0.1, -0.05) is 11.6 Å². The van der Waals surface area contributed by atoms with Crippen LogP contribution in [-0.2, 0) is 19.6 Å². The van der Waals surface area contributed by atoms with Gasteiger partial charge in [-0.15, -0.1) is 11.3 Å². The van der Waals surface area contributed by atoms with Crippen molar-refractivity contribution in [2.24, 2.45) is 17.3 Å². The van der Waals surface area contributed by atoms with Crippen molar-refractivity contribution in [1.82, 2.24) is 14.5 Å². The fourth-order valence-electron chi connectivity index (χ4n) is 7.06. The standard InChI is InChI=1S/C21H28ClN3O4S2/c1-14(26)23-21-11-15-8-16(12-21)10-20(9-15,13-21)19(27)24-4-6-25(7-5-24)31(28,29)18-3-2-17(22)30-18/h2-3,15-16H,4-13H2,1H3,(H,23,26)/t15-,16+,20?,21?. The summed E-state index contributed by atoms with van der Waals surface area (Å²) in [5.41, 5.74) is -0.649. The second-order valence-electron chi connectivity index (χ2n) is 9.96. The van der Waals surface area contributed by atoms with E-state index in [1.54, 1.807) is 13.0 Å². The first-order valence-electron chi connectivity index (χ1n) is 10.9. The summed E-state index contributed by atoms with van der Waals surface area (Å²) < 4.78 is 27.9. The fraction of sp³-hybridized carbons (Fsp3) is 0.714. The van der Waals surface area contributed by atoms with Crippen molar-refractivity contribution in [3.8, 4) is 0 Å². The van der Waals surface area contributed by atoms with Crippen LogP contribution >= 0.6 is 22.9 Å². The Balaban J connectivity index is 1.30. The van der Waals surface area contributed by atoms with E-state index in [-0.39, 0.29) is 21.6 Å². The quantitative estimate of drug-likeness (QED) is 0.710. The van der Waals surface area contributed by atoms with Crippen LogP contribution in [0.25, 0.3) is 0 Å². The van der Waals surface area contributed by atoms with Crippen molar-refractivity contribution in [2.75, 3.05) is 26.2 Å². The van der Waals surface area contributed by atoms with Gasteiger partial charge >= 0.3 is 0 Å². The summed E-state index contributed by atoms with van der Waals surface area (Å²) in [7, 11) is -3.58. The Labute approximate surface area is 192 Å². The SMILES string of the molecule is CC(=O)NC12C[C@H]3C[C@@H](C1)CC(C(=O)N1CCN(S(=O)(=O)c4ccc(Cl)s4)CC1)(C3)C2. The van der Waals surface area contributed by atoms with Crippen LogP contribution in [0.5, 0.6) is 0 Å². The molecular formula is C21H28ClN3O4S2. The fourth-order valence-corrected chi connectivity index (χ4v) is 10.1. The van der Waals surface area contributed by atoms with Crippen LogP contribution in [0.3, 0.4) is 0 Å². The molecule has 5 aliphatic rings. The van der Waals surface area contributed by atoms with Crippen LogP contribution in [0.4, 0.5) is 0 Å². The molecule has 2 unspecified atom stereocenters. The Kier molecular flexibility index (Phi) is 5.20. The third-order valence-corrected chi connectivity index (χ3v) is 11.2. The Morgan fingerprint density at radius 1 is 1.10 bits per heavy atom. The molecule has 2 amide bonds. The molecule has 6 rings (SSSR count). The molecular weight excluding hydrogens is 458 g/mol. The zero-order valence-corrected chi connectivity index (χ0v) is 20.0. The summed E-state index contributed by atoms with van der Waals surface area (Å²) in [5, 5.41) is 3.21. The monoisotopic (exact) mass is 485 g/mol. The van der Waals surface area contributed by atoms with Crippen LogP contribution in [-0.4, -0.2) is 61.2 Å². The summed E-state index contributed by atoms with van der Waals surface area (Å²) in [5.74, 6) is 1.12. The lowest BCUT2D eigenvalue weighted by Gasteiger charge is -2.62. The molecule has 4 atom stereocenters. The van der Waals surface area contributed by atoms with Crippen molar-refractivity contribution in [1.29, 1.82) is 0 Å². The number of amides is 2. The molecule has 1 saturated heterocycles. The maximum Gasteiger partial charge on any atom is 0.252 e. The highest BCUT2D eigenvalue weighted by Gasteiger charge is 2.61. The summed E-state index contributed by atoms with van der Waals surface area (Å²) >= 11 is 6.98. The molecule has 0 radical (unpaired) electrons. The number of hydrogen-bond donors (Lipinski definition) is 1. The minimum Gasteiger partial charge on any atom is -0.351 e. The van der Waals surface area contributed by atoms with E-state index >= 15 is 0 Å². The average Bonchev–Trinajstić information content (AvgIpc) is 3.12. The first-order chi connectivity index (χ1) is 14.6. The number of hydrogen-bond acceptors (Lipinski definition) is 5. The van der Waals surface area contributed by atoms with E-state index in [1.807, 2.05) is 4.90 Å². The van der Waals surface area contributed by atoms with Gasteiger partial charge in [-0.3, -0.25) is 9.59 Å². The van der Waals surface area contributed by atoms with E-state index in [1.165, 1.54) is 10.4 Å². The molecule has 10 heteroatoms. The first-order valence-corrected chi connectivity index (χ1v) is 13.6. The van der Waals surface area contributed by atoms with Crippen LogP contribution in [0.1, 0.15) is 45.4 Å². The molecule has 4 aliphatic carbocycles. The van der Waals surface area contributed by atoms with Crippen LogP contribution in [0, 0.1) is 17.3 Å². The van der Waals surface area contributed by atoms with Gasteiger partial charge < -0.3 is 10.2 Å². The van der Waals surface area contributed by atoms with Crippen LogP contribution in [0.2, 0.25) is 4.34 Å². The number of carbonyl (C=O) groups excluding carboxylic acids is 2. The van der Waals surface area contributed by atoms with Crippen LogP contribution < -0.4 is 5.32 Å². The lowest BCUT2D eigenvalue weighted by Crippen LogP contribution is -2.66. The highest BCUT2D eigenvalue weighted by molar-refractivity contribution is 7.91. The van der Waals surface area contributed by atoms with E-state index < -0.39 is 15.4 Å². The Hall–Kier alpha value is -1.16. The zero-order chi connectivity index (χ0) is 22.0. The third-order valence-electron chi connectivity index (χ3n) is 7.62. The number of nitrogens with one attached hydrogen (secondary N) is 1. The number of thiophene rings is 1. The summed E-state index contributed by atoms with van der Waals surface area (Å²) in [6.07, 6.45) is 5.64. The highest BCUT2D eigenvalue weighted by atomic mass is 35.5. The molecule has 2 heterocycles. The molecule has 4 bridgehead atoms. The average molecular weight is 486 g/mol. The predicted octanol–water partition coefficient (Wildman–Crippen LogP) is 2.71. The Bertz CT molecular complexity index is 1000. The second kappa shape index (κ2) is 7.43. The van der Waals surface area contributed by atoms with Gasteiger partial charge in [0.2, 0.25) is 11.8 Å². The molecule has 7 nitrogen and oxygen atoms in total. The zero-order valence-electron chi connectivity index (χ0n) is 17.6. The Morgan fingerprint density at radius 3 is 2.29 bits per heavy atom. The van der Waals surface area contributed by atoms with Crippen molar-refractivity contribution in [3.05, 3.63) is 16.5 Å². The third kappa shape index (κ3) is 3.71. The van der Waals surface area contributed by atoms with Gasteiger partial charge in [0.1, 0.15) is 4.21 Å². The van der Waals surface area contributed by atoms with Gasteiger partial charge in [-0.05, 0) is 62.5 Å². The van der Waals surface area contributed by atoms with Gasteiger partial charge in [-0.2, -0.15) is 4.31 Å². The van der Waals surface area contributed by atoms with Crippen LogP contribution in [0.15, 0.2) is 16.3 Å². The van der Waals surface area contributed by atoms with Gasteiger partial charge in [0, 0.05) is 38.6 Å². The molecule has 170 valence electrons. The van der Waals surface area contributed by atoms with E-state index in [4.69, 9.17) is 11.6 Å². The van der Waals surface area contributed by atoms with Gasteiger partial charge in [-0.25, -0.2) is 8.42 Å². The molecule has 1 N–H and O–H groups in total. The van der Waals surface area contributed by atoms with Gasteiger partial charge in [0.05, 0.1) is 9.75 Å². The first kappa shape index (κ1) is 21.7. The normalized spacial score (nSPS) is 35.4. The lowest BCUT2D eigenvalue weighted by molar-refractivity contribution is -0.164. The Morgan fingerprint density at radius 2 is 1.74 bits per heavy atom. The number of carbonyl (C=O) groups is 2. The number of rotatable bonds is 4. The molecule has 31 heavy (non-hydrogen) atoms. The second-order valence-corrected chi connectivity index (χ2v) is 13.8. The maximum atomic E-state index is 13.7. The lowest BCUT2D eigenvalue weighted by atomic mass is 9.46. The molecule has 1 aliphatic heterocycles. The molecule has 0 spiro atoms. The van der Waals surface area contributed by atoms with Crippen molar-refractivity contribution in [2.45, 2.75) is 55.2 Å². The number of nitrogens with zero attached hydrogens (tertiary/aromatic N) is 2. The van der Waals surface area contributed by atoms with Gasteiger partial charge in [0.15, 0.2) is 0 Å².